The Kier molecular flexibility index (Phi) is 3.96. The van der Waals surface area contributed by atoms with Gasteiger partial charge in [-0.25, -0.2) is 0 Å². The van der Waals surface area contributed by atoms with Crippen molar-refractivity contribution in [2.24, 2.45) is 0 Å². The molecule has 1 aromatic heterocycles. The first kappa shape index (κ1) is 17.8. The van der Waals surface area contributed by atoms with Gasteiger partial charge in [0.05, 0.1) is 18.2 Å². The Bertz CT molecular complexity index is 1200. The summed E-state index contributed by atoms with van der Waals surface area (Å²) in [6.45, 7) is 3.74. The first-order valence-corrected chi connectivity index (χ1v) is 8.56. The third-order valence-corrected chi connectivity index (χ3v) is 4.54. The van der Waals surface area contributed by atoms with Crippen LogP contribution >= 0.6 is 0 Å². The van der Waals surface area contributed by atoms with Crippen LogP contribution in [0.2, 0.25) is 0 Å². The van der Waals surface area contributed by atoms with E-state index in [0.29, 0.717) is 11.3 Å². The second-order valence-corrected chi connectivity index (χ2v) is 6.81. The maximum atomic E-state index is 13.2. The Balaban J connectivity index is 2.13. The lowest BCUT2D eigenvalue weighted by atomic mass is 9.95. The average Bonchev–Trinajstić information content (AvgIpc) is 2.60. The summed E-state index contributed by atoms with van der Waals surface area (Å²) in [6.07, 6.45) is 1.01. The number of hydrogen-bond donors (Lipinski definition) is 3. The van der Waals surface area contributed by atoms with E-state index in [0.717, 1.165) is 11.6 Å². The summed E-state index contributed by atoms with van der Waals surface area (Å²) in [7, 11) is 1.42. The third-order valence-electron chi connectivity index (χ3n) is 4.54. The van der Waals surface area contributed by atoms with E-state index in [-0.39, 0.29) is 45.3 Å². The molecule has 4 rings (SSSR count). The Morgan fingerprint density at radius 1 is 1.11 bits per heavy atom. The molecule has 0 aliphatic carbocycles. The van der Waals surface area contributed by atoms with E-state index in [9.17, 15) is 20.1 Å². The lowest BCUT2D eigenvalue weighted by Gasteiger charge is -2.26. The maximum Gasteiger partial charge on any atom is 0.204 e. The summed E-state index contributed by atoms with van der Waals surface area (Å²) < 4.78 is 17.1. The molecule has 0 spiro atoms. The number of methoxy groups -OCH3 is 1. The zero-order valence-electron chi connectivity index (χ0n) is 15.4. The summed E-state index contributed by atoms with van der Waals surface area (Å²) in [5.41, 5.74) is 1.04. The fraction of sp³-hybridized carbons (Fsp3) is 0.190. The second-order valence-electron chi connectivity index (χ2n) is 6.81. The summed E-state index contributed by atoms with van der Waals surface area (Å²) in [5, 5.41) is 30.1. The minimum absolute atomic E-state index is 0.0281. The minimum Gasteiger partial charge on any atom is -0.508 e. The minimum atomic E-state index is -0.754. The molecule has 2 heterocycles. The number of benzene rings is 2. The molecule has 0 fully saturated rings. The van der Waals surface area contributed by atoms with Crippen LogP contribution in [0.25, 0.3) is 22.3 Å². The first-order valence-electron chi connectivity index (χ1n) is 8.56. The smallest absolute Gasteiger partial charge is 0.204 e. The van der Waals surface area contributed by atoms with Crippen molar-refractivity contribution in [1.82, 2.24) is 0 Å². The molecule has 1 aliphatic rings. The molecule has 3 N–H and O–H groups in total. The fourth-order valence-electron chi connectivity index (χ4n) is 3.36. The zero-order chi connectivity index (χ0) is 20.2. The maximum absolute atomic E-state index is 13.2. The van der Waals surface area contributed by atoms with Crippen LogP contribution in [0, 0.1) is 0 Å². The van der Waals surface area contributed by atoms with Gasteiger partial charge >= 0.3 is 0 Å². The number of phenolic OH excluding ortho intramolecular Hbond substituents is 3. The lowest BCUT2D eigenvalue weighted by Crippen LogP contribution is -2.22. The number of fused-ring (bicyclic) bond motifs is 4. The van der Waals surface area contributed by atoms with Gasteiger partial charge in [0.25, 0.3) is 0 Å². The second kappa shape index (κ2) is 6.23. The Morgan fingerprint density at radius 2 is 1.86 bits per heavy atom. The SMILES string of the molecule is COc1cc2c(cc1O)-c1oc3cc(O)cc(O)c3c(=O)c1[C@@H](C=C(C)C)O2. The van der Waals surface area contributed by atoms with Gasteiger partial charge in [-0.15, -0.1) is 0 Å². The number of ether oxygens (including phenoxy) is 2. The van der Waals surface area contributed by atoms with Crippen LogP contribution in [0.5, 0.6) is 28.7 Å². The van der Waals surface area contributed by atoms with Crippen LogP contribution in [0.1, 0.15) is 25.5 Å². The molecule has 0 saturated heterocycles. The predicted molar refractivity (Wildman–Crippen MR) is 102 cm³/mol. The highest BCUT2D eigenvalue weighted by Crippen LogP contribution is 2.48. The molecule has 1 atom stereocenters. The monoisotopic (exact) mass is 382 g/mol. The summed E-state index contributed by atoms with van der Waals surface area (Å²) in [5.74, 6) is 0.0277. The number of aromatic hydroxyl groups is 3. The van der Waals surface area contributed by atoms with Gasteiger partial charge in [0.2, 0.25) is 5.43 Å². The van der Waals surface area contributed by atoms with Crippen molar-refractivity contribution in [3.05, 3.63) is 51.7 Å². The molecular weight excluding hydrogens is 364 g/mol. The molecule has 3 aromatic rings. The van der Waals surface area contributed by atoms with E-state index < -0.39 is 11.5 Å². The van der Waals surface area contributed by atoms with Crippen LogP contribution in [0.3, 0.4) is 0 Å². The van der Waals surface area contributed by atoms with Crippen LogP contribution in [0.15, 0.2) is 45.1 Å². The Morgan fingerprint density at radius 3 is 2.54 bits per heavy atom. The number of allylic oxidation sites excluding steroid dienone is 1. The van der Waals surface area contributed by atoms with Crippen LogP contribution in [-0.2, 0) is 0 Å². The zero-order valence-corrected chi connectivity index (χ0v) is 15.4. The van der Waals surface area contributed by atoms with Gasteiger partial charge in [0, 0.05) is 18.2 Å². The lowest BCUT2D eigenvalue weighted by molar-refractivity contribution is 0.242. The third kappa shape index (κ3) is 2.63. The van der Waals surface area contributed by atoms with E-state index in [1.54, 1.807) is 6.08 Å². The van der Waals surface area contributed by atoms with Crippen LogP contribution in [0.4, 0.5) is 0 Å². The average molecular weight is 382 g/mol. The molecule has 144 valence electrons. The van der Waals surface area contributed by atoms with Crippen molar-refractivity contribution in [3.63, 3.8) is 0 Å². The Labute approximate surface area is 159 Å². The highest BCUT2D eigenvalue weighted by atomic mass is 16.5. The molecule has 2 aromatic carbocycles. The molecule has 0 bridgehead atoms. The van der Waals surface area contributed by atoms with Crippen molar-refractivity contribution in [3.8, 4) is 40.1 Å². The standard InChI is InChI=1S/C21H18O7/c1-9(2)4-16-19-20(25)18-13(24)5-10(22)6-17(18)28-21(19)11-7-12(23)15(26-3)8-14(11)27-16/h4-8,16,22-24H,1-3H3/t16-/m1/s1. The van der Waals surface area contributed by atoms with Gasteiger partial charge in [0.15, 0.2) is 11.5 Å². The van der Waals surface area contributed by atoms with Crippen molar-refractivity contribution in [2.45, 2.75) is 20.0 Å². The molecule has 0 amide bonds. The summed E-state index contributed by atoms with van der Waals surface area (Å²) >= 11 is 0. The van der Waals surface area contributed by atoms with E-state index >= 15 is 0 Å². The Hall–Kier alpha value is -3.61. The van der Waals surface area contributed by atoms with Gasteiger partial charge in [-0.3, -0.25) is 4.79 Å². The predicted octanol–water partition coefficient (Wildman–Crippen LogP) is 3.99. The summed E-state index contributed by atoms with van der Waals surface area (Å²) in [6, 6.07) is 5.24. The molecule has 28 heavy (non-hydrogen) atoms. The van der Waals surface area contributed by atoms with Crippen LogP contribution in [-0.4, -0.2) is 22.4 Å². The topological polar surface area (TPSA) is 109 Å². The van der Waals surface area contributed by atoms with Crippen molar-refractivity contribution >= 4 is 11.0 Å². The fourth-order valence-corrected chi connectivity index (χ4v) is 3.36. The van der Waals surface area contributed by atoms with Crippen molar-refractivity contribution < 1.29 is 29.2 Å². The molecule has 0 saturated carbocycles. The first-order chi connectivity index (χ1) is 13.3. The number of rotatable bonds is 2. The molecule has 7 nitrogen and oxygen atoms in total. The number of phenols is 3. The molecule has 0 radical (unpaired) electrons. The highest BCUT2D eigenvalue weighted by Gasteiger charge is 2.33. The molecule has 1 aliphatic heterocycles. The van der Waals surface area contributed by atoms with Gasteiger partial charge in [-0.1, -0.05) is 5.57 Å². The van der Waals surface area contributed by atoms with E-state index in [4.69, 9.17) is 13.9 Å². The summed E-state index contributed by atoms with van der Waals surface area (Å²) in [4.78, 5) is 13.2. The van der Waals surface area contributed by atoms with Crippen molar-refractivity contribution in [2.75, 3.05) is 7.11 Å². The van der Waals surface area contributed by atoms with Crippen molar-refractivity contribution in [1.29, 1.82) is 0 Å². The largest absolute Gasteiger partial charge is 0.508 e. The molecule has 0 unspecified atom stereocenters. The van der Waals surface area contributed by atoms with Gasteiger partial charge in [-0.2, -0.15) is 0 Å². The van der Waals surface area contributed by atoms with E-state index in [1.165, 1.54) is 25.3 Å². The quantitative estimate of drug-likeness (QED) is 0.575. The molecule has 7 heteroatoms. The van der Waals surface area contributed by atoms with E-state index in [2.05, 4.69) is 0 Å². The van der Waals surface area contributed by atoms with Crippen LogP contribution < -0.4 is 14.9 Å². The number of hydrogen-bond acceptors (Lipinski definition) is 7. The van der Waals surface area contributed by atoms with Gasteiger partial charge in [-0.05, 0) is 26.0 Å². The van der Waals surface area contributed by atoms with E-state index in [1.807, 2.05) is 13.8 Å². The normalized spacial score (nSPS) is 14.8. The molecular formula is C21H18O7. The van der Waals surface area contributed by atoms with Gasteiger partial charge in [0.1, 0.15) is 40.1 Å². The highest BCUT2D eigenvalue weighted by molar-refractivity contribution is 5.88. The van der Waals surface area contributed by atoms with Gasteiger partial charge < -0.3 is 29.2 Å².